The summed E-state index contributed by atoms with van der Waals surface area (Å²) in [5.41, 5.74) is 2.18. The SMILES string of the molecule is CC[C@@H](C)n1nccc1NC(=O)[C@H](C)Sc1nnc(-c2ccc(C(C)(C)C)cc2)o1. The van der Waals surface area contributed by atoms with Crippen molar-refractivity contribution >= 4 is 23.5 Å². The number of hydrogen-bond acceptors (Lipinski definition) is 6. The van der Waals surface area contributed by atoms with Crippen molar-refractivity contribution in [3.8, 4) is 11.5 Å². The number of aromatic nitrogens is 4. The molecule has 30 heavy (non-hydrogen) atoms. The molecule has 0 bridgehead atoms. The van der Waals surface area contributed by atoms with Crippen molar-refractivity contribution in [2.24, 2.45) is 0 Å². The molecule has 1 N–H and O–H groups in total. The molecule has 0 aliphatic rings. The Morgan fingerprint density at radius 2 is 1.87 bits per heavy atom. The van der Waals surface area contributed by atoms with Gasteiger partial charge in [0.25, 0.3) is 5.22 Å². The number of thioether (sulfide) groups is 1. The van der Waals surface area contributed by atoms with Gasteiger partial charge in [-0.25, -0.2) is 4.68 Å². The molecule has 0 unspecified atom stereocenters. The smallest absolute Gasteiger partial charge is 0.277 e. The van der Waals surface area contributed by atoms with Gasteiger partial charge < -0.3 is 9.73 Å². The van der Waals surface area contributed by atoms with Gasteiger partial charge in [-0.05, 0) is 43.4 Å². The number of benzene rings is 1. The number of carbonyl (C=O) groups excluding carboxylic acids is 1. The molecule has 7 nitrogen and oxygen atoms in total. The van der Waals surface area contributed by atoms with Crippen LogP contribution in [0.15, 0.2) is 46.2 Å². The Hall–Kier alpha value is -2.61. The third-order valence-electron chi connectivity index (χ3n) is 4.98. The number of nitrogens with zero attached hydrogens (tertiary/aromatic N) is 4. The molecule has 1 amide bonds. The predicted molar refractivity (Wildman–Crippen MR) is 120 cm³/mol. The van der Waals surface area contributed by atoms with E-state index in [1.54, 1.807) is 12.3 Å². The second kappa shape index (κ2) is 9.04. The van der Waals surface area contributed by atoms with Gasteiger partial charge >= 0.3 is 0 Å². The summed E-state index contributed by atoms with van der Waals surface area (Å²) in [5, 5.41) is 15.4. The van der Waals surface area contributed by atoms with Gasteiger partial charge in [0, 0.05) is 11.6 Å². The minimum atomic E-state index is -0.401. The summed E-state index contributed by atoms with van der Waals surface area (Å²) in [5.74, 6) is 0.992. The normalized spacial score (nSPS) is 13.8. The second-order valence-corrected chi connectivity index (χ2v) is 9.66. The van der Waals surface area contributed by atoms with Crippen LogP contribution in [0, 0.1) is 0 Å². The van der Waals surface area contributed by atoms with E-state index in [0.29, 0.717) is 16.9 Å². The first-order valence-electron chi connectivity index (χ1n) is 10.1. The van der Waals surface area contributed by atoms with Gasteiger partial charge in [0.1, 0.15) is 5.82 Å². The van der Waals surface area contributed by atoms with Crippen molar-refractivity contribution in [3.63, 3.8) is 0 Å². The quantitative estimate of drug-likeness (QED) is 0.514. The van der Waals surface area contributed by atoms with Crippen LogP contribution in [0.4, 0.5) is 5.82 Å². The van der Waals surface area contributed by atoms with Crippen molar-refractivity contribution in [1.29, 1.82) is 0 Å². The summed E-state index contributed by atoms with van der Waals surface area (Å²) in [4.78, 5) is 12.6. The zero-order valence-electron chi connectivity index (χ0n) is 18.3. The van der Waals surface area contributed by atoms with E-state index in [9.17, 15) is 4.79 Å². The Morgan fingerprint density at radius 3 is 2.50 bits per heavy atom. The summed E-state index contributed by atoms with van der Waals surface area (Å²) < 4.78 is 7.59. The largest absolute Gasteiger partial charge is 0.411 e. The van der Waals surface area contributed by atoms with Crippen LogP contribution in [0.5, 0.6) is 0 Å². The van der Waals surface area contributed by atoms with E-state index in [-0.39, 0.29) is 17.4 Å². The topological polar surface area (TPSA) is 85.8 Å². The van der Waals surface area contributed by atoms with Crippen LogP contribution in [0.2, 0.25) is 0 Å². The van der Waals surface area contributed by atoms with Crippen LogP contribution in [0.25, 0.3) is 11.5 Å². The van der Waals surface area contributed by atoms with Crippen LogP contribution in [0.1, 0.15) is 59.6 Å². The van der Waals surface area contributed by atoms with Gasteiger partial charge in [0.05, 0.1) is 17.5 Å². The van der Waals surface area contributed by atoms with Crippen LogP contribution in [-0.4, -0.2) is 31.1 Å². The lowest BCUT2D eigenvalue weighted by molar-refractivity contribution is -0.115. The first kappa shape index (κ1) is 22.1. The van der Waals surface area contributed by atoms with E-state index in [1.165, 1.54) is 17.3 Å². The average Bonchev–Trinajstić information content (AvgIpc) is 3.36. The van der Waals surface area contributed by atoms with Crippen LogP contribution in [-0.2, 0) is 10.2 Å². The Balaban J connectivity index is 1.64. The minimum absolute atomic E-state index is 0.0848. The third kappa shape index (κ3) is 5.11. The molecule has 2 aromatic heterocycles. The summed E-state index contributed by atoms with van der Waals surface area (Å²) in [6.07, 6.45) is 2.62. The number of rotatable bonds is 7. The number of anilines is 1. The molecule has 0 spiro atoms. The lowest BCUT2D eigenvalue weighted by Crippen LogP contribution is -2.24. The zero-order chi connectivity index (χ0) is 21.9. The molecule has 160 valence electrons. The van der Waals surface area contributed by atoms with Gasteiger partial charge in [-0.2, -0.15) is 5.10 Å². The van der Waals surface area contributed by atoms with Gasteiger partial charge in [-0.1, -0.05) is 51.6 Å². The highest BCUT2D eigenvalue weighted by Gasteiger charge is 2.21. The average molecular weight is 428 g/mol. The molecule has 0 aliphatic carbocycles. The Bertz CT molecular complexity index is 988. The molecule has 2 heterocycles. The summed E-state index contributed by atoms with van der Waals surface area (Å²) in [6, 6.07) is 10.1. The molecule has 2 atom stereocenters. The molecule has 3 aromatic rings. The van der Waals surface area contributed by atoms with E-state index in [2.05, 4.69) is 67.4 Å². The maximum absolute atomic E-state index is 12.6. The van der Waals surface area contributed by atoms with Crippen molar-refractivity contribution in [2.75, 3.05) is 5.32 Å². The van der Waals surface area contributed by atoms with E-state index < -0.39 is 5.25 Å². The molecule has 0 radical (unpaired) electrons. The van der Waals surface area contributed by atoms with Gasteiger partial charge in [-0.15, -0.1) is 10.2 Å². The molecule has 0 saturated carbocycles. The fourth-order valence-corrected chi connectivity index (χ4v) is 3.54. The van der Waals surface area contributed by atoms with Crippen molar-refractivity contribution in [3.05, 3.63) is 42.1 Å². The number of amides is 1. The number of carbonyl (C=O) groups is 1. The molecule has 0 saturated heterocycles. The fourth-order valence-electron chi connectivity index (χ4n) is 2.86. The molecule has 1 aromatic carbocycles. The molecule has 0 aliphatic heterocycles. The highest BCUT2D eigenvalue weighted by atomic mass is 32.2. The highest BCUT2D eigenvalue weighted by Crippen LogP contribution is 2.29. The lowest BCUT2D eigenvalue weighted by atomic mass is 9.87. The monoisotopic (exact) mass is 427 g/mol. The van der Waals surface area contributed by atoms with Crippen molar-refractivity contribution in [1.82, 2.24) is 20.0 Å². The summed E-state index contributed by atoms with van der Waals surface area (Å²) in [6.45, 7) is 12.5. The van der Waals surface area contributed by atoms with Gasteiger partial charge in [-0.3, -0.25) is 4.79 Å². The molecular formula is C22H29N5O2S. The van der Waals surface area contributed by atoms with Gasteiger partial charge in [0.2, 0.25) is 11.8 Å². The van der Waals surface area contributed by atoms with Crippen molar-refractivity contribution in [2.45, 2.75) is 69.9 Å². The summed E-state index contributed by atoms with van der Waals surface area (Å²) >= 11 is 1.23. The molecular weight excluding hydrogens is 398 g/mol. The van der Waals surface area contributed by atoms with Crippen LogP contribution in [0.3, 0.4) is 0 Å². The van der Waals surface area contributed by atoms with Crippen LogP contribution >= 0.6 is 11.8 Å². The zero-order valence-corrected chi connectivity index (χ0v) is 19.2. The Morgan fingerprint density at radius 1 is 1.17 bits per heavy atom. The first-order valence-corrected chi connectivity index (χ1v) is 11.0. The number of nitrogens with one attached hydrogen (secondary N) is 1. The summed E-state index contributed by atoms with van der Waals surface area (Å²) in [7, 11) is 0. The highest BCUT2D eigenvalue weighted by molar-refractivity contribution is 8.00. The minimum Gasteiger partial charge on any atom is -0.411 e. The maximum atomic E-state index is 12.6. The van der Waals surface area contributed by atoms with Crippen molar-refractivity contribution < 1.29 is 9.21 Å². The van der Waals surface area contributed by atoms with Crippen LogP contribution < -0.4 is 5.32 Å². The Kier molecular flexibility index (Phi) is 6.65. The van der Waals surface area contributed by atoms with E-state index in [4.69, 9.17) is 4.42 Å². The van der Waals surface area contributed by atoms with E-state index >= 15 is 0 Å². The predicted octanol–water partition coefficient (Wildman–Crippen LogP) is 5.32. The number of hydrogen-bond donors (Lipinski definition) is 1. The fraction of sp³-hybridized carbons (Fsp3) is 0.455. The maximum Gasteiger partial charge on any atom is 0.277 e. The third-order valence-corrected chi connectivity index (χ3v) is 5.92. The first-order chi connectivity index (χ1) is 14.2. The second-order valence-electron chi connectivity index (χ2n) is 8.37. The van der Waals surface area contributed by atoms with E-state index in [0.717, 1.165) is 12.0 Å². The standard InChI is InChI=1S/C22H29N5O2S/c1-7-14(2)27-18(12-13-23-27)24-19(28)15(3)30-21-26-25-20(29-21)16-8-10-17(11-9-16)22(4,5)6/h8-15H,7H2,1-6H3,(H,24,28)/t14-,15+/m1/s1. The lowest BCUT2D eigenvalue weighted by Gasteiger charge is -2.18. The van der Waals surface area contributed by atoms with E-state index in [1.807, 2.05) is 23.7 Å². The molecule has 3 rings (SSSR count). The molecule has 8 heteroatoms. The molecule has 0 fully saturated rings. The Labute approximate surface area is 181 Å². The van der Waals surface area contributed by atoms with Gasteiger partial charge in [0.15, 0.2) is 0 Å².